The van der Waals surface area contributed by atoms with Crippen molar-refractivity contribution in [1.29, 1.82) is 0 Å². The molecule has 1 amide bonds. The van der Waals surface area contributed by atoms with Crippen molar-refractivity contribution < 1.29 is 9.90 Å². The number of thioether (sulfide) groups is 1. The molecule has 3 aromatic rings. The van der Waals surface area contributed by atoms with E-state index < -0.39 is 0 Å². The average Bonchev–Trinajstić information content (AvgIpc) is 3.41. The highest BCUT2D eigenvalue weighted by Gasteiger charge is 2.36. The molecule has 0 bridgehead atoms. The van der Waals surface area contributed by atoms with E-state index in [9.17, 15) is 9.90 Å². The van der Waals surface area contributed by atoms with E-state index in [1.807, 2.05) is 65.7 Å². The highest BCUT2D eigenvalue weighted by Crippen LogP contribution is 2.40. The summed E-state index contributed by atoms with van der Waals surface area (Å²) in [4.78, 5) is 17.4. The number of carbonyl (C=O) groups is 1. The molecule has 0 aromatic heterocycles. The number of hydrogen-bond acceptors (Lipinski definition) is 5. The summed E-state index contributed by atoms with van der Waals surface area (Å²) in [6, 6.07) is 24.4. The van der Waals surface area contributed by atoms with Crippen LogP contribution in [-0.2, 0) is 4.79 Å². The fourth-order valence-electron chi connectivity index (χ4n) is 3.68. The van der Waals surface area contributed by atoms with E-state index in [-0.39, 0.29) is 17.7 Å². The van der Waals surface area contributed by atoms with Gasteiger partial charge in [-0.2, -0.15) is 10.1 Å². The Labute approximate surface area is 194 Å². The van der Waals surface area contributed by atoms with Gasteiger partial charge in [0.05, 0.1) is 16.7 Å². The van der Waals surface area contributed by atoms with Gasteiger partial charge >= 0.3 is 0 Å². The summed E-state index contributed by atoms with van der Waals surface area (Å²) >= 11 is 7.35. The van der Waals surface area contributed by atoms with Crippen molar-refractivity contribution >= 4 is 46.2 Å². The molecule has 0 aliphatic carbocycles. The Morgan fingerprint density at radius 3 is 2.47 bits per heavy atom. The van der Waals surface area contributed by atoms with Gasteiger partial charge in [0, 0.05) is 17.0 Å². The van der Waals surface area contributed by atoms with Crippen molar-refractivity contribution in [3.8, 4) is 5.75 Å². The summed E-state index contributed by atoms with van der Waals surface area (Å²) in [5, 5.41) is 17.9. The Bertz CT molecular complexity index is 1270. The van der Waals surface area contributed by atoms with E-state index in [0.29, 0.717) is 27.1 Å². The van der Waals surface area contributed by atoms with Crippen molar-refractivity contribution in [3.63, 3.8) is 0 Å². The first-order valence-electron chi connectivity index (χ1n) is 10.1. The number of amidine groups is 1. The van der Waals surface area contributed by atoms with E-state index >= 15 is 0 Å². The number of halogens is 1. The van der Waals surface area contributed by atoms with Crippen LogP contribution in [0.25, 0.3) is 6.08 Å². The van der Waals surface area contributed by atoms with E-state index in [2.05, 4.69) is 4.99 Å². The van der Waals surface area contributed by atoms with E-state index in [4.69, 9.17) is 16.7 Å². The Kier molecular flexibility index (Phi) is 5.55. The van der Waals surface area contributed by atoms with Crippen LogP contribution in [0.15, 0.2) is 93.9 Å². The topological polar surface area (TPSA) is 65.3 Å². The number of amides is 1. The third-order valence-corrected chi connectivity index (χ3v) is 6.53. The molecule has 1 unspecified atom stereocenters. The number of aromatic hydroxyl groups is 1. The second-order valence-corrected chi connectivity index (χ2v) is 8.84. The van der Waals surface area contributed by atoms with Gasteiger partial charge in [0.15, 0.2) is 5.17 Å². The summed E-state index contributed by atoms with van der Waals surface area (Å²) in [6.45, 7) is 0. The molecule has 5 rings (SSSR count). The zero-order valence-corrected chi connectivity index (χ0v) is 18.4. The van der Waals surface area contributed by atoms with E-state index in [1.54, 1.807) is 24.3 Å². The molecule has 32 heavy (non-hydrogen) atoms. The first-order valence-corrected chi connectivity index (χ1v) is 11.3. The van der Waals surface area contributed by atoms with Gasteiger partial charge in [-0.15, -0.1) is 0 Å². The lowest BCUT2D eigenvalue weighted by molar-refractivity contribution is -0.113. The first kappa shape index (κ1) is 20.5. The average molecular weight is 460 g/mol. The van der Waals surface area contributed by atoms with Crippen LogP contribution < -0.4 is 0 Å². The smallest absolute Gasteiger partial charge is 0.286 e. The van der Waals surface area contributed by atoms with Gasteiger partial charge in [-0.1, -0.05) is 72.3 Å². The summed E-state index contributed by atoms with van der Waals surface area (Å²) in [5.74, 6) is -0.224. The van der Waals surface area contributed by atoms with Crippen LogP contribution in [-0.4, -0.2) is 26.9 Å². The van der Waals surface area contributed by atoms with E-state index in [1.165, 1.54) is 11.8 Å². The lowest BCUT2D eigenvalue weighted by atomic mass is 9.99. The van der Waals surface area contributed by atoms with Crippen LogP contribution in [0, 0.1) is 0 Å². The largest absolute Gasteiger partial charge is 0.507 e. The first-order chi connectivity index (χ1) is 15.6. The maximum Gasteiger partial charge on any atom is 0.286 e. The maximum atomic E-state index is 12.6. The van der Waals surface area contributed by atoms with Crippen LogP contribution in [0.4, 0.5) is 0 Å². The zero-order chi connectivity index (χ0) is 22.1. The minimum absolute atomic E-state index is 0.106. The van der Waals surface area contributed by atoms with Gasteiger partial charge in [0.25, 0.3) is 5.91 Å². The molecule has 7 heteroatoms. The highest BCUT2D eigenvalue weighted by atomic mass is 35.5. The number of benzene rings is 3. The van der Waals surface area contributed by atoms with Crippen molar-refractivity contribution in [1.82, 2.24) is 5.01 Å². The molecule has 2 heterocycles. The number of hydrogen-bond donors (Lipinski definition) is 1. The molecule has 0 fully saturated rings. The highest BCUT2D eigenvalue weighted by molar-refractivity contribution is 8.18. The molecule has 2 aliphatic heterocycles. The second kappa shape index (κ2) is 8.65. The second-order valence-electron chi connectivity index (χ2n) is 7.40. The number of phenolic OH excluding ortho intramolecular Hbond substituents is 1. The number of para-hydroxylation sites is 1. The predicted molar refractivity (Wildman–Crippen MR) is 130 cm³/mol. The van der Waals surface area contributed by atoms with Crippen LogP contribution in [0.2, 0.25) is 5.02 Å². The molecule has 0 radical (unpaired) electrons. The molecule has 1 N–H and O–H groups in total. The van der Waals surface area contributed by atoms with Crippen molar-refractivity contribution in [3.05, 3.63) is 105 Å². The Balaban J connectivity index is 1.49. The number of nitrogens with zero attached hydrogens (tertiary/aromatic N) is 3. The molecule has 2 aliphatic rings. The fourth-order valence-corrected chi connectivity index (χ4v) is 4.71. The molecule has 5 nitrogen and oxygen atoms in total. The molecular formula is C25H18ClN3O2S. The van der Waals surface area contributed by atoms with E-state index in [0.717, 1.165) is 16.8 Å². The molecule has 0 saturated carbocycles. The molecule has 0 saturated heterocycles. The summed E-state index contributed by atoms with van der Waals surface area (Å²) in [6.07, 6.45) is 2.34. The molecule has 158 valence electrons. The molecule has 3 aromatic carbocycles. The third kappa shape index (κ3) is 4.07. The van der Waals surface area contributed by atoms with Gasteiger partial charge in [0.2, 0.25) is 0 Å². The lowest BCUT2D eigenvalue weighted by Gasteiger charge is -2.22. The molecule has 0 spiro atoms. The number of rotatable bonds is 3. The van der Waals surface area contributed by atoms with Crippen molar-refractivity contribution in [2.75, 3.05) is 0 Å². The Morgan fingerprint density at radius 2 is 1.72 bits per heavy atom. The number of aliphatic imine (C=N–C) groups is 1. The van der Waals surface area contributed by atoms with Crippen LogP contribution in [0.3, 0.4) is 0 Å². The van der Waals surface area contributed by atoms with Crippen LogP contribution in [0.5, 0.6) is 5.75 Å². The summed E-state index contributed by atoms with van der Waals surface area (Å²) in [5.41, 5.74) is 3.58. The van der Waals surface area contributed by atoms with Gasteiger partial charge in [-0.25, -0.2) is 5.01 Å². The Morgan fingerprint density at radius 1 is 1.00 bits per heavy atom. The quantitative estimate of drug-likeness (QED) is 0.497. The fraction of sp³-hybridized carbons (Fsp3) is 0.0800. The number of carbonyl (C=O) groups excluding carboxylic acids is 1. The summed E-state index contributed by atoms with van der Waals surface area (Å²) < 4.78 is 0. The number of hydrazone groups is 1. The van der Waals surface area contributed by atoms with Crippen molar-refractivity contribution in [2.24, 2.45) is 10.1 Å². The van der Waals surface area contributed by atoms with Gasteiger partial charge in [-0.05, 0) is 47.2 Å². The standard InChI is InChI=1S/C25H18ClN3O2S/c26-19-12-10-17(11-13-19)21-15-20(16-6-2-1-3-7-16)28-29(21)25-27-24(31)23(32-25)14-18-8-4-5-9-22(18)30/h1-14,21,30H,15H2/b23-14-. The van der Waals surface area contributed by atoms with Gasteiger partial charge < -0.3 is 5.11 Å². The monoisotopic (exact) mass is 459 g/mol. The maximum absolute atomic E-state index is 12.6. The lowest BCUT2D eigenvalue weighted by Crippen LogP contribution is -2.23. The SMILES string of the molecule is O=C1N=C(N2N=C(c3ccccc3)CC2c2ccc(Cl)cc2)S/C1=C\c1ccccc1O. The van der Waals surface area contributed by atoms with Crippen LogP contribution >= 0.6 is 23.4 Å². The van der Waals surface area contributed by atoms with Gasteiger partial charge in [-0.3, -0.25) is 4.79 Å². The minimum atomic E-state index is -0.341. The van der Waals surface area contributed by atoms with Gasteiger partial charge in [0.1, 0.15) is 5.75 Å². The minimum Gasteiger partial charge on any atom is -0.507 e. The number of phenols is 1. The molecule has 1 atom stereocenters. The third-order valence-electron chi connectivity index (χ3n) is 5.30. The normalized spacial score (nSPS) is 19.4. The zero-order valence-electron chi connectivity index (χ0n) is 16.9. The van der Waals surface area contributed by atoms with Crippen LogP contribution in [0.1, 0.15) is 29.2 Å². The summed E-state index contributed by atoms with van der Waals surface area (Å²) in [7, 11) is 0. The Hall–Kier alpha value is -3.35. The predicted octanol–water partition coefficient (Wildman–Crippen LogP) is 5.87. The van der Waals surface area contributed by atoms with Crippen molar-refractivity contribution in [2.45, 2.75) is 12.5 Å². The molecular weight excluding hydrogens is 442 g/mol.